The molecule has 0 bridgehead atoms. The van der Waals surface area contributed by atoms with E-state index in [9.17, 15) is 4.79 Å². The molecule has 0 unspecified atom stereocenters. The van der Waals surface area contributed by atoms with Gasteiger partial charge in [-0.15, -0.1) is 0 Å². The van der Waals surface area contributed by atoms with Crippen molar-refractivity contribution in [3.63, 3.8) is 0 Å². The number of hydrogen-bond acceptors (Lipinski definition) is 5. The van der Waals surface area contributed by atoms with Crippen LogP contribution in [0.2, 0.25) is 5.02 Å². The van der Waals surface area contributed by atoms with E-state index in [2.05, 4.69) is 15.3 Å². The van der Waals surface area contributed by atoms with Gasteiger partial charge in [-0.3, -0.25) is 4.79 Å². The highest BCUT2D eigenvalue weighted by Crippen LogP contribution is 2.27. The van der Waals surface area contributed by atoms with Crippen molar-refractivity contribution in [3.05, 3.63) is 39.9 Å². The van der Waals surface area contributed by atoms with Gasteiger partial charge in [0.05, 0.1) is 17.0 Å². The molecule has 0 atom stereocenters. The summed E-state index contributed by atoms with van der Waals surface area (Å²) in [6.45, 7) is 0. The van der Waals surface area contributed by atoms with E-state index in [1.807, 2.05) is 0 Å². The molecule has 2 rings (SSSR count). The molecular formula is C10H10ClN5O. The van der Waals surface area contributed by atoms with E-state index in [4.69, 9.17) is 23.1 Å². The second-order valence-electron chi connectivity index (χ2n) is 3.36. The number of aromatic amines is 1. The molecule has 7 heteroatoms. The van der Waals surface area contributed by atoms with Gasteiger partial charge in [-0.2, -0.15) is 0 Å². The number of nitrogens with two attached hydrogens (primary N) is 2. The van der Waals surface area contributed by atoms with Crippen LogP contribution >= 0.6 is 11.6 Å². The molecule has 0 aliphatic carbocycles. The molecule has 0 fully saturated rings. The number of nitrogens with one attached hydrogen (secondary N) is 2. The molecule has 88 valence electrons. The molecule has 6 nitrogen and oxygen atoms in total. The highest BCUT2D eigenvalue weighted by atomic mass is 35.5. The molecule has 1 heterocycles. The molecule has 0 radical (unpaired) electrons. The maximum absolute atomic E-state index is 11.3. The number of hydrogen-bond donors (Lipinski definition) is 4. The zero-order valence-electron chi connectivity index (χ0n) is 8.70. The van der Waals surface area contributed by atoms with Crippen LogP contribution in [0.25, 0.3) is 0 Å². The summed E-state index contributed by atoms with van der Waals surface area (Å²) in [5, 5.41) is 3.31. The lowest BCUT2D eigenvalue weighted by atomic mass is 10.3. The molecule has 0 saturated carbocycles. The molecule has 0 spiro atoms. The van der Waals surface area contributed by atoms with Crippen molar-refractivity contribution in [3.8, 4) is 0 Å². The van der Waals surface area contributed by atoms with Gasteiger partial charge in [0.2, 0.25) is 0 Å². The van der Waals surface area contributed by atoms with Crippen LogP contribution < -0.4 is 22.3 Å². The number of aromatic nitrogens is 2. The van der Waals surface area contributed by atoms with Gasteiger partial charge in [-0.25, -0.2) is 4.98 Å². The first-order valence-electron chi connectivity index (χ1n) is 4.73. The summed E-state index contributed by atoms with van der Waals surface area (Å²) in [5.74, 6) is 0.237. The Morgan fingerprint density at radius 2 is 2.12 bits per heavy atom. The van der Waals surface area contributed by atoms with Crippen molar-refractivity contribution < 1.29 is 0 Å². The van der Waals surface area contributed by atoms with Crippen LogP contribution in [0.4, 0.5) is 22.9 Å². The minimum Gasteiger partial charge on any atom is -0.399 e. The third-order valence-corrected chi connectivity index (χ3v) is 2.46. The predicted octanol–water partition coefficient (Wildman–Crippen LogP) is 1.33. The minimum atomic E-state index is -0.414. The predicted molar refractivity (Wildman–Crippen MR) is 68.4 cm³/mol. The Bertz CT molecular complexity index is 610. The van der Waals surface area contributed by atoms with Crippen molar-refractivity contribution in [1.82, 2.24) is 9.97 Å². The fourth-order valence-corrected chi connectivity index (χ4v) is 1.44. The quantitative estimate of drug-likeness (QED) is 0.602. The van der Waals surface area contributed by atoms with Crippen molar-refractivity contribution in [2.24, 2.45) is 0 Å². The third kappa shape index (κ3) is 2.31. The average molecular weight is 252 g/mol. The van der Waals surface area contributed by atoms with E-state index >= 15 is 0 Å². The second kappa shape index (κ2) is 4.34. The van der Waals surface area contributed by atoms with Crippen molar-refractivity contribution in [1.29, 1.82) is 0 Å². The summed E-state index contributed by atoms with van der Waals surface area (Å²) >= 11 is 5.97. The molecule has 0 amide bonds. The molecule has 1 aromatic carbocycles. The summed E-state index contributed by atoms with van der Waals surface area (Å²) < 4.78 is 0. The summed E-state index contributed by atoms with van der Waals surface area (Å²) in [6.07, 6.45) is 1.25. The highest BCUT2D eigenvalue weighted by Gasteiger charge is 2.07. The first kappa shape index (κ1) is 11.3. The number of nitrogens with zero attached hydrogens (tertiary/aromatic N) is 1. The molecule has 6 N–H and O–H groups in total. The van der Waals surface area contributed by atoms with Crippen LogP contribution in [-0.2, 0) is 0 Å². The van der Waals surface area contributed by atoms with E-state index < -0.39 is 5.56 Å². The monoisotopic (exact) mass is 251 g/mol. The fourth-order valence-electron chi connectivity index (χ4n) is 1.28. The molecule has 1 aromatic heterocycles. The lowest BCUT2D eigenvalue weighted by Crippen LogP contribution is -2.14. The summed E-state index contributed by atoms with van der Waals surface area (Å²) in [4.78, 5) is 17.5. The normalized spacial score (nSPS) is 10.2. The molecule has 0 aliphatic heterocycles. The molecule has 2 aromatic rings. The summed E-state index contributed by atoms with van der Waals surface area (Å²) in [5.41, 5.74) is 11.9. The Balaban J connectivity index is 2.41. The number of benzene rings is 1. The number of nitrogen functional groups attached to an aromatic ring is 2. The number of anilines is 4. The van der Waals surface area contributed by atoms with Crippen molar-refractivity contribution in [2.45, 2.75) is 0 Å². The number of H-pyrrole nitrogens is 1. The van der Waals surface area contributed by atoms with E-state index in [1.54, 1.807) is 18.2 Å². The molecule has 0 aliphatic rings. The van der Waals surface area contributed by atoms with E-state index in [1.165, 1.54) is 6.33 Å². The molecule has 17 heavy (non-hydrogen) atoms. The van der Waals surface area contributed by atoms with Gasteiger partial charge in [-0.1, -0.05) is 11.6 Å². The first-order valence-corrected chi connectivity index (χ1v) is 5.11. The number of rotatable bonds is 2. The smallest absolute Gasteiger partial charge is 0.276 e. The zero-order valence-corrected chi connectivity index (χ0v) is 9.45. The second-order valence-corrected chi connectivity index (χ2v) is 3.77. The Kier molecular flexibility index (Phi) is 2.88. The maximum atomic E-state index is 11.3. The van der Waals surface area contributed by atoms with Gasteiger partial charge in [0.15, 0.2) is 5.82 Å². The standard InChI is InChI=1S/C10H10ClN5O/c11-6-2-1-5(12)3-7(6)16-9-8(13)10(17)15-4-14-9/h1-4H,12-13H2,(H2,14,15,16,17). The third-order valence-electron chi connectivity index (χ3n) is 2.13. The number of halogens is 1. The van der Waals surface area contributed by atoms with Crippen molar-refractivity contribution >= 4 is 34.5 Å². The van der Waals surface area contributed by atoms with Gasteiger partial charge in [0, 0.05) is 5.69 Å². The molecular weight excluding hydrogens is 242 g/mol. The fraction of sp³-hybridized carbons (Fsp3) is 0. The SMILES string of the molecule is Nc1ccc(Cl)c(Nc2nc[nH]c(=O)c2N)c1. The van der Waals surface area contributed by atoms with Crippen LogP contribution in [0.1, 0.15) is 0 Å². The average Bonchev–Trinajstić information content (AvgIpc) is 2.30. The minimum absolute atomic E-state index is 0.00834. The lowest BCUT2D eigenvalue weighted by Gasteiger charge is -2.09. The summed E-state index contributed by atoms with van der Waals surface area (Å²) in [6, 6.07) is 4.94. The summed E-state index contributed by atoms with van der Waals surface area (Å²) in [7, 11) is 0. The Morgan fingerprint density at radius 3 is 2.88 bits per heavy atom. The zero-order chi connectivity index (χ0) is 12.4. The highest BCUT2D eigenvalue weighted by molar-refractivity contribution is 6.33. The topological polar surface area (TPSA) is 110 Å². The van der Waals surface area contributed by atoms with Crippen LogP contribution in [0.15, 0.2) is 29.3 Å². The van der Waals surface area contributed by atoms with Crippen LogP contribution in [0.5, 0.6) is 0 Å². The van der Waals surface area contributed by atoms with Crippen LogP contribution in [0.3, 0.4) is 0 Å². The Morgan fingerprint density at radius 1 is 1.35 bits per heavy atom. The van der Waals surface area contributed by atoms with E-state index in [0.717, 1.165) is 0 Å². The van der Waals surface area contributed by atoms with Gasteiger partial charge in [0.25, 0.3) is 5.56 Å². The maximum Gasteiger partial charge on any atom is 0.276 e. The van der Waals surface area contributed by atoms with E-state index in [-0.39, 0.29) is 11.5 Å². The van der Waals surface area contributed by atoms with Gasteiger partial charge < -0.3 is 21.8 Å². The van der Waals surface area contributed by atoms with Crippen molar-refractivity contribution in [2.75, 3.05) is 16.8 Å². The Labute approximate surface area is 102 Å². The largest absolute Gasteiger partial charge is 0.399 e. The van der Waals surface area contributed by atoms with Crippen LogP contribution in [0, 0.1) is 0 Å². The lowest BCUT2D eigenvalue weighted by molar-refractivity contribution is 1.13. The van der Waals surface area contributed by atoms with E-state index in [0.29, 0.717) is 16.4 Å². The molecule has 0 saturated heterocycles. The van der Waals surface area contributed by atoms with Gasteiger partial charge in [-0.05, 0) is 18.2 Å². The Hall–Kier alpha value is -2.21. The first-order chi connectivity index (χ1) is 8.08. The van der Waals surface area contributed by atoms with Gasteiger partial charge in [0.1, 0.15) is 5.69 Å². The van der Waals surface area contributed by atoms with Crippen LogP contribution in [-0.4, -0.2) is 9.97 Å². The van der Waals surface area contributed by atoms with Gasteiger partial charge >= 0.3 is 0 Å².